The molecular weight excluding hydrogens is 394 g/mol. The molecule has 0 aliphatic carbocycles. The molecule has 5 nitrogen and oxygen atoms in total. The number of amides is 1. The summed E-state index contributed by atoms with van der Waals surface area (Å²) in [5.74, 6) is 0.866. The molecule has 2 N–H and O–H groups in total. The lowest BCUT2D eigenvalue weighted by molar-refractivity contribution is 0.0934. The zero-order valence-electron chi connectivity index (χ0n) is 17.0. The zero-order chi connectivity index (χ0) is 20.5. The van der Waals surface area contributed by atoms with Crippen molar-refractivity contribution in [2.24, 2.45) is 0 Å². The van der Waals surface area contributed by atoms with E-state index in [0.29, 0.717) is 6.61 Å². The second-order valence-corrected chi connectivity index (χ2v) is 8.81. The third-order valence-electron chi connectivity index (χ3n) is 5.69. The number of ether oxygens (including phenoxy) is 1. The fourth-order valence-corrected chi connectivity index (χ4v) is 5.55. The van der Waals surface area contributed by atoms with E-state index in [2.05, 4.69) is 45.9 Å². The van der Waals surface area contributed by atoms with Crippen LogP contribution in [0.25, 0.3) is 0 Å². The Bertz CT molecular complexity index is 1050. The highest BCUT2D eigenvalue weighted by Gasteiger charge is 2.33. The van der Waals surface area contributed by atoms with Gasteiger partial charge in [0, 0.05) is 24.5 Å². The minimum atomic E-state index is -0.221. The van der Waals surface area contributed by atoms with Crippen molar-refractivity contribution in [2.45, 2.75) is 32.6 Å². The number of carbonyl (C=O) groups is 1. The first-order valence-electron chi connectivity index (χ1n) is 10.4. The van der Waals surface area contributed by atoms with Crippen LogP contribution in [0.2, 0.25) is 0 Å². The maximum absolute atomic E-state index is 13.0. The monoisotopic (exact) mass is 419 g/mol. The summed E-state index contributed by atoms with van der Waals surface area (Å²) < 4.78 is 5.52. The van der Waals surface area contributed by atoms with E-state index >= 15 is 0 Å². The van der Waals surface area contributed by atoms with Gasteiger partial charge in [0.25, 0.3) is 5.91 Å². The van der Waals surface area contributed by atoms with Crippen molar-refractivity contribution in [3.8, 4) is 5.75 Å². The quantitative estimate of drug-likeness (QED) is 0.637. The molecule has 1 aromatic heterocycles. The lowest BCUT2D eigenvalue weighted by atomic mass is 10.00. The second kappa shape index (κ2) is 8.13. The minimum absolute atomic E-state index is 0.0247. The normalized spacial score (nSPS) is 18.2. The van der Waals surface area contributed by atoms with Crippen LogP contribution in [-0.2, 0) is 19.5 Å². The number of hydrogen-bond donors (Lipinski definition) is 2. The van der Waals surface area contributed by atoms with Crippen molar-refractivity contribution in [2.75, 3.05) is 18.5 Å². The van der Waals surface area contributed by atoms with Crippen molar-refractivity contribution in [1.29, 1.82) is 0 Å². The van der Waals surface area contributed by atoms with Gasteiger partial charge in [0.05, 0.1) is 12.2 Å². The Hall–Kier alpha value is -2.83. The van der Waals surface area contributed by atoms with Gasteiger partial charge in [-0.3, -0.25) is 9.69 Å². The number of thiophene rings is 1. The molecule has 30 heavy (non-hydrogen) atoms. The molecule has 5 rings (SSSR count). The molecule has 0 bridgehead atoms. The molecule has 0 spiro atoms. The van der Waals surface area contributed by atoms with Gasteiger partial charge < -0.3 is 15.4 Å². The summed E-state index contributed by atoms with van der Waals surface area (Å²) in [6.45, 7) is 5.42. The van der Waals surface area contributed by atoms with Gasteiger partial charge in [-0.1, -0.05) is 42.5 Å². The van der Waals surface area contributed by atoms with E-state index in [4.69, 9.17) is 4.74 Å². The van der Waals surface area contributed by atoms with Gasteiger partial charge in [-0.15, -0.1) is 11.3 Å². The highest BCUT2D eigenvalue weighted by Crippen LogP contribution is 2.41. The molecule has 0 radical (unpaired) electrons. The number of hydrogen-bond acceptors (Lipinski definition) is 5. The van der Waals surface area contributed by atoms with Gasteiger partial charge >= 0.3 is 0 Å². The second-order valence-electron chi connectivity index (χ2n) is 7.71. The molecule has 2 aliphatic heterocycles. The van der Waals surface area contributed by atoms with Crippen molar-refractivity contribution in [3.63, 3.8) is 0 Å². The van der Waals surface area contributed by atoms with Crippen molar-refractivity contribution in [1.82, 2.24) is 10.2 Å². The Morgan fingerprint density at radius 2 is 1.90 bits per heavy atom. The summed E-state index contributed by atoms with van der Waals surface area (Å²) in [5.41, 5.74) is 4.41. The first kappa shape index (κ1) is 19.2. The maximum Gasteiger partial charge on any atom is 0.256 e. The number of benzene rings is 2. The highest BCUT2D eigenvalue weighted by atomic mass is 32.1. The van der Waals surface area contributed by atoms with Gasteiger partial charge in [-0.2, -0.15) is 0 Å². The molecule has 0 unspecified atom stereocenters. The number of anilines is 1. The van der Waals surface area contributed by atoms with E-state index in [-0.39, 0.29) is 12.1 Å². The molecule has 2 aliphatic rings. The molecule has 3 heterocycles. The Kier molecular flexibility index (Phi) is 5.19. The summed E-state index contributed by atoms with van der Waals surface area (Å²) >= 11 is 1.73. The molecule has 0 fully saturated rings. The van der Waals surface area contributed by atoms with E-state index in [0.717, 1.165) is 47.9 Å². The van der Waals surface area contributed by atoms with Gasteiger partial charge in [-0.05, 0) is 42.2 Å². The fourth-order valence-electron chi connectivity index (χ4n) is 4.24. The summed E-state index contributed by atoms with van der Waals surface area (Å²) in [7, 11) is 0. The van der Waals surface area contributed by atoms with E-state index in [9.17, 15) is 4.79 Å². The summed E-state index contributed by atoms with van der Waals surface area (Å²) in [6, 6.07) is 18.5. The molecule has 2 aromatic carbocycles. The third kappa shape index (κ3) is 3.68. The van der Waals surface area contributed by atoms with Crippen LogP contribution in [0.3, 0.4) is 0 Å². The average Bonchev–Trinajstić information content (AvgIpc) is 3.13. The van der Waals surface area contributed by atoms with E-state index in [1.54, 1.807) is 11.3 Å². The van der Waals surface area contributed by atoms with Crippen LogP contribution >= 0.6 is 11.3 Å². The topological polar surface area (TPSA) is 53.6 Å². The Morgan fingerprint density at radius 3 is 2.67 bits per heavy atom. The summed E-state index contributed by atoms with van der Waals surface area (Å²) in [5, 5.41) is 7.66. The molecule has 1 amide bonds. The highest BCUT2D eigenvalue weighted by molar-refractivity contribution is 7.16. The lowest BCUT2D eigenvalue weighted by Gasteiger charge is -2.28. The smallest absolute Gasteiger partial charge is 0.256 e. The Balaban J connectivity index is 1.34. The largest absolute Gasteiger partial charge is 0.494 e. The molecule has 3 aromatic rings. The molecule has 0 saturated carbocycles. The summed E-state index contributed by atoms with van der Waals surface area (Å²) in [4.78, 5) is 16.7. The maximum atomic E-state index is 13.0. The molecular formula is C24H25N3O2S. The van der Waals surface area contributed by atoms with Gasteiger partial charge in [0.15, 0.2) is 0 Å². The van der Waals surface area contributed by atoms with Gasteiger partial charge in [0.1, 0.15) is 16.9 Å². The number of nitrogens with one attached hydrogen (secondary N) is 2. The predicted octanol–water partition coefficient (Wildman–Crippen LogP) is 4.56. The molecule has 0 saturated heterocycles. The van der Waals surface area contributed by atoms with Crippen LogP contribution in [0.15, 0.2) is 54.6 Å². The van der Waals surface area contributed by atoms with Crippen LogP contribution in [0.1, 0.15) is 45.0 Å². The molecule has 1 atom stereocenters. The zero-order valence-corrected chi connectivity index (χ0v) is 17.8. The number of nitrogens with zero attached hydrogens (tertiary/aromatic N) is 1. The number of fused-ring (bicyclic) bond motifs is 3. The Labute approximate surface area is 180 Å². The van der Waals surface area contributed by atoms with Crippen LogP contribution in [0.5, 0.6) is 5.75 Å². The van der Waals surface area contributed by atoms with Crippen LogP contribution < -0.4 is 15.4 Å². The first-order valence-corrected chi connectivity index (χ1v) is 11.2. The van der Waals surface area contributed by atoms with E-state index in [1.165, 1.54) is 16.0 Å². The predicted molar refractivity (Wildman–Crippen MR) is 120 cm³/mol. The number of rotatable bonds is 5. The lowest BCUT2D eigenvalue weighted by Crippen LogP contribution is -2.38. The van der Waals surface area contributed by atoms with Crippen molar-refractivity contribution in [3.05, 3.63) is 81.7 Å². The van der Waals surface area contributed by atoms with Crippen LogP contribution in [0, 0.1) is 0 Å². The molecule has 154 valence electrons. The third-order valence-corrected chi connectivity index (χ3v) is 6.84. The van der Waals surface area contributed by atoms with E-state index in [1.807, 2.05) is 31.2 Å². The first-order chi connectivity index (χ1) is 14.7. The van der Waals surface area contributed by atoms with E-state index < -0.39 is 0 Å². The number of carbonyl (C=O) groups excluding carboxylic acids is 1. The van der Waals surface area contributed by atoms with Gasteiger partial charge in [-0.25, -0.2) is 0 Å². The fraction of sp³-hybridized carbons (Fsp3) is 0.292. The van der Waals surface area contributed by atoms with Crippen LogP contribution in [-0.4, -0.2) is 24.0 Å². The van der Waals surface area contributed by atoms with Crippen molar-refractivity contribution < 1.29 is 9.53 Å². The molecule has 6 heteroatoms. The standard InChI is InChI=1S/C24H25N3O2S/c1-2-29-18-10-8-17(9-11-18)22-25-23(28)21-19-12-13-27(14-16-6-4-3-5-7-16)15-20(19)30-24(21)26-22/h3-11,22,26H,2,12-15H2,1H3,(H,25,28)/t22-/m0/s1. The SMILES string of the molecule is CCOc1ccc([C@H]2NC(=O)c3c(sc4c3CCN(Cc3ccccc3)C4)N2)cc1. The average molecular weight is 420 g/mol. The van der Waals surface area contributed by atoms with Crippen LogP contribution in [0.4, 0.5) is 5.00 Å². The minimum Gasteiger partial charge on any atom is -0.494 e. The van der Waals surface area contributed by atoms with Gasteiger partial charge in [0.2, 0.25) is 0 Å². The summed E-state index contributed by atoms with van der Waals surface area (Å²) in [6.07, 6.45) is 0.692. The Morgan fingerprint density at radius 1 is 1.10 bits per heavy atom. The van der Waals surface area contributed by atoms with Crippen molar-refractivity contribution >= 4 is 22.2 Å².